The number of rotatable bonds is 6. The zero-order valence-electron chi connectivity index (χ0n) is 14.3. The molecule has 28 heavy (non-hydrogen) atoms. The summed E-state index contributed by atoms with van der Waals surface area (Å²) in [6, 6.07) is 13.1. The number of benzene rings is 2. The highest BCUT2D eigenvalue weighted by Gasteiger charge is 2.15. The van der Waals surface area contributed by atoms with Gasteiger partial charge in [0, 0.05) is 23.4 Å². The number of carbonyl (C=O) groups is 1. The fourth-order valence-electron chi connectivity index (χ4n) is 2.31. The first-order valence-electron chi connectivity index (χ1n) is 7.97. The lowest BCUT2D eigenvalue weighted by atomic mass is 10.2. The van der Waals surface area contributed by atoms with Gasteiger partial charge in [0.1, 0.15) is 0 Å². The van der Waals surface area contributed by atoms with E-state index in [0.717, 1.165) is 11.1 Å². The topological polar surface area (TPSA) is 102 Å². The third kappa shape index (κ3) is 5.02. The van der Waals surface area contributed by atoms with E-state index in [2.05, 4.69) is 31.6 Å². The molecule has 10 heteroatoms. The van der Waals surface area contributed by atoms with E-state index in [1.54, 1.807) is 47.3 Å². The summed E-state index contributed by atoms with van der Waals surface area (Å²) in [4.78, 5) is 22.5. The van der Waals surface area contributed by atoms with Gasteiger partial charge in [-0.1, -0.05) is 35.9 Å². The fraction of sp³-hybridized carbons (Fsp3) is 0.0556. The third-order valence-electron chi connectivity index (χ3n) is 3.67. The SMILES string of the molecule is O=C(N/N=C\c1ccc(Cl)cc1)c1nn(Cc2ccc([N+](=O)[O-])cc2)cc1Br. The van der Waals surface area contributed by atoms with Crippen LogP contribution in [0.25, 0.3) is 0 Å². The second-order valence-electron chi connectivity index (χ2n) is 5.70. The number of non-ortho nitro benzene ring substituents is 1. The van der Waals surface area contributed by atoms with Crippen molar-refractivity contribution in [1.29, 1.82) is 0 Å². The van der Waals surface area contributed by atoms with Gasteiger partial charge in [0.15, 0.2) is 5.69 Å². The average Bonchev–Trinajstić information content (AvgIpc) is 3.04. The first-order chi connectivity index (χ1) is 13.4. The van der Waals surface area contributed by atoms with E-state index in [9.17, 15) is 14.9 Å². The summed E-state index contributed by atoms with van der Waals surface area (Å²) in [7, 11) is 0. The Morgan fingerprint density at radius 3 is 2.57 bits per heavy atom. The van der Waals surface area contributed by atoms with Gasteiger partial charge in [0.2, 0.25) is 0 Å². The van der Waals surface area contributed by atoms with Crippen LogP contribution in [0.4, 0.5) is 5.69 Å². The first kappa shape index (κ1) is 19.7. The first-order valence-corrected chi connectivity index (χ1v) is 9.15. The van der Waals surface area contributed by atoms with Crippen LogP contribution in [0.15, 0.2) is 64.3 Å². The van der Waals surface area contributed by atoms with Gasteiger partial charge in [-0.2, -0.15) is 10.2 Å². The second kappa shape index (κ2) is 8.77. The van der Waals surface area contributed by atoms with Crippen LogP contribution in [0.3, 0.4) is 0 Å². The third-order valence-corrected chi connectivity index (χ3v) is 4.51. The maximum Gasteiger partial charge on any atom is 0.293 e. The number of hydrogen-bond acceptors (Lipinski definition) is 5. The monoisotopic (exact) mass is 461 g/mol. The van der Waals surface area contributed by atoms with Crippen LogP contribution in [0.1, 0.15) is 21.6 Å². The van der Waals surface area contributed by atoms with E-state index in [1.807, 2.05) is 0 Å². The number of nitro groups is 1. The Balaban J connectivity index is 1.64. The molecule has 0 radical (unpaired) electrons. The van der Waals surface area contributed by atoms with Crippen LogP contribution in [0, 0.1) is 10.1 Å². The average molecular weight is 463 g/mol. The number of aromatic nitrogens is 2. The number of hydrazone groups is 1. The molecule has 0 saturated heterocycles. The van der Waals surface area contributed by atoms with E-state index in [0.29, 0.717) is 16.0 Å². The summed E-state index contributed by atoms with van der Waals surface area (Å²) in [6.45, 7) is 0.359. The van der Waals surface area contributed by atoms with Crippen molar-refractivity contribution in [3.8, 4) is 0 Å². The zero-order valence-corrected chi connectivity index (χ0v) is 16.6. The number of carbonyl (C=O) groups excluding carboxylic acids is 1. The molecule has 0 aliphatic carbocycles. The molecule has 0 saturated carbocycles. The lowest BCUT2D eigenvalue weighted by molar-refractivity contribution is -0.384. The molecule has 0 aliphatic heterocycles. The number of halogens is 2. The maximum absolute atomic E-state index is 12.3. The van der Waals surface area contributed by atoms with Crippen LogP contribution >= 0.6 is 27.5 Å². The van der Waals surface area contributed by atoms with E-state index >= 15 is 0 Å². The molecule has 0 bridgehead atoms. The van der Waals surface area contributed by atoms with E-state index in [-0.39, 0.29) is 11.4 Å². The quantitative estimate of drug-likeness (QED) is 0.339. The van der Waals surface area contributed by atoms with Gasteiger partial charge in [-0.05, 0) is 39.2 Å². The van der Waals surface area contributed by atoms with Gasteiger partial charge in [0.25, 0.3) is 11.6 Å². The molecule has 0 aliphatic rings. The summed E-state index contributed by atoms with van der Waals surface area (Å²) in [5, 5.41) is 19.5. The van der Waals surface area contributed by atoms with Gasteiger partial charge in [-0.15, -0.1) is 0 Å². The van der Waals surface area contributed by atoms with Gasteiger partial charge in [0.05, 0.1) is 22.2 Å². The number of hydrogen-bond donors (Lipinski definition) is 1. The predicted octanol–water partition coefficient (Wildman–Crippen LogP) is 4.02. The van der Waals surface area contributed by atoms with Crippen LogP contribution in [-0.4, -0.2) is 26.8 Å². The fourth-order valence-corrected chi connectivity index (χ4v) is 2.93. The summed E-state index contributed by atoms with van der Waals surface area (Å²) in [6.07, 6.45) is 3.15. The summed E-state index contributed by atoms with van der Waals surface area (Å²) >= 11 is 9.12. The smallest absolute Gasteiger partial charge is 0.266 e. The molecule has 0 atom stereocenters. The highest BCUT2D eigenvalue weighted by molar-refractivity contribution is 9.10. The molecule has 0 spiro atoms. The van der Waals surface area contributed by atoms with E-state index < -0.39 is 10.8 Å². The Morgan fingerprint density at radius 2 is 1.93 bits per heavy atom. The largest absolute Gasteiger partial charge is 0.293 e. The molecule has 3 aromatic rings. The molecule has 1 amide bonds. The number of nitrogens with one attached hydrogen (secondary N) is 1. The van der Waals surface area contributed by atoms with E-state index in [4.69, 9.17) is 11.6 Å². The lowest BCUT2D eigenvalue weighted by Gasteiger charge is -2.01. The normalized spacial score (nSPS) is 10.9. The van der Waals surface area contributed by atoms with Gasteiger partial charge in [-0.3, -0.25) is 19.6 Å². The van der Waals surface area contributed by atoms with Crippen molar-refractivity contribution in [1.82, 2.24) is 15.2 Å². The molecule has 142 valence electrons. The van der Waals surface area contributed by atoms with E-state index in [1.165, 1.54) is 18.3 Å². The standard InChI is InChI=1S/C18H13BrClN5O3/c19-16-11-24(10-13-3-7-15(8-4-13)25(27)28)23-17(16)18(26)22-21-9-12-1-5-14(20)6-2-12/h1-9,11H,10H2,(H,22,26)/b21-9-. The lowest BCUT2D eigenvalue weighted by Crippen LogP contribution is -2.19. The van der Waals surface area contributed by atoms with Crippen LogP contribution in [-0.2, 0) is 6.54 Å². The minimum absolute atomic E-state index is 0.0176. The van der Waals surface area contributed by atoms with Crippen molar-refractivity contribution in [2.24, 2.45) is 5.10 Å². The Kier molecular flexibility index (Phi) is 6.17. The minimum Gasteiger partial charge on any atom is -0.266 e. The Morgan fingerprint density at radius 1 is 1.25 bits per heavy atom. The highest BCUT2D eigenvalue weighted by atomic mass is 79.9. The molecule has 1 N–H and O–H groups in total. The molecular weight excluding hydrogens is 450 g/mol. The van der Waals surface area contributed by atoms with Crippen molar-refractivity contribution in [3.05, 3.63) is 91.2 Å². The van der Waals surface area contributed by atoms with Crippen molar-refractivity contribution < 1.29 is 9.72 Å². The van der Waals surface area contributed by atoms with Gasteiger partial charge >= 0.3 is 0 Å². The van der Waals surface area contributed by atoms with Crippen molar-refractivity contribution in [2.75, 3.05) is 0 Å². The second-order valence-corrected chi connectivity index (χ2v) is 6.99. The van der Waals surface area contributed by atoms with Gasteiger partial charge < -0.3 is 0 Å². The Bertz CT molecular complexity index is 1030. The van der Waals surface area contributed by atoms with Crippen LogP contribution in [0.5, 0.6) is 0 Å². The molecule has 0 unspecified atom stereocenters. The van der Waals surface area contributed by atoms with Crippen molar-refractivity contribution >= 4 is 45.3 Å². The van der Waals surface area contributed by atoms with Gasteiger partial charge in [-0.25, -0.2) is 5.43 Å². The summed E-state index contributed by atoms with van der Waals surface area (Å²) in [5.74, 6) is -0.473. The molecule has 0 fully saturated rings. The summed E-state index contributed by atoms with van der Waals surface area (Å²) in [5.41, 5.74) is 4.21. The number of nitro benzene ring substituents is 1. The highest BCUT2D eigenvalue weighted by Crippen LogP contribution is 2.17. The number of nitrogens with zero attached hydrogens (tertiary/aromatic N) is 4. The van der Waals surface area contributed by atoms with Crippen molar-refractivity contribution in [2.45, 2.75) is 6.54 Å². The zero-order chi connectivity index (χ0) is 20.1. The predicted molar refractivity (Wildman–Crippen MR) is 109 cm³/mol. The molecule has 8 nitrogen and oxygen atoms in total. The Hall–Kier alpha value is -3.04. The molecule has 3 rings (SSSR count). The maximum atomic E-state index is 12.3. The number of amides is 1. The molecule has 1 heterocycles. The van der Waals surface area contributed by atoms with Crippen molar-refractivity contribution in [3.63, 3.8) is 0 Å². The Labute approximate surface area is 173 Å². The molecule has 2 aromatic carbocycles. The van der Waals surface area contributed by atoms with Crippen LogP contribution < -0.4 is 5.43 Å². The van der Waals surface area contributed by atoms with Crippen LogP contribution in [0.2, 0.25) is 5.02 Å². The molecular formula is C18H13BrClN5O3. The minimum atomic E-state index is -0.473. The molecule has 1 aromatic heterocycles. The summed E-state index contributed by atoms with van der Waals surface area (Å²) < 4.78 is 2.07.